The van der Waals surface area contributed by atoms with E-state index in [1.807, 2.05) is 0 Å². The van der Waals surface area contributed by atoms with Crippen LogP contribution in [-0.4, -0.2) is 46.2 Å². The number of nitrogens with one attached hydrogen (secondary N) is 1. The largest absolute Gasteiger partial charge is 0.336 e. The Morgan fingerprint density at radius 2 is 2.25 bits per heavy atom. The molecule has 1 N–H and O–H groups in total. The second kappa shape index (κ2) is 5.12. The molecule has 0 radical (unpaired) electrons. The van der Waals surface area contributed by atoms with Gasteiger partial charge in [0.1, 0.15) is 6.33 Å². The number of imidazole rings is 1. The minimum absolute atomic E-state index is 0.108. The number of carbonyl (C=O) groups excluding carboxylic acids is 1. The van der Waals surface area contributed by atoms with E-state index in [0.717, 1.165) is 13.1 Å². The van der Waals surface area contributed by atoms with Crippen molar-refractivity contribution >= 4 is 6.03 Å². The highest BCUT2D eigenvalue weighted by Gasteiger charge is 2.18. The molecule has 1 aliphatic heterocycles. The van der Waals surface area contributed by atoms with Gasteiger partial charge in [0.2, 0.25) is 0 Å². The lowest BCUT2D eigenvalue weighted by molar-refractivity contribution is 0.227. The molecule has 0 bridgehead atoms. The molecule has 0 saturated carbocycles. The van der Waals surface area contributed by atoms with E-state index < -0.39 is 0 Å². The van der Waals surface area contributed by atoms with Crippen molar-refractivity contribution in [2.24, 2.45) is 0 Å². The summed E-state index contributed by atoms with van der Waals surface area (Å²) in [4.78, 5) is 17.9. The van der Waals surface area contributed by atoms with Gasteiger partial charge in [0, 0.05) is 25.0 Å². The zero-order chi connectivity index (χ0) is 11.4. The van der Waals surface area contributed by atoms with Crippen LogP contribution in [0.1, 0.15) is 19.8 Å². The SMILES string of the molecule is CC(CNC(=O)n1ccnc1)N1CCCC1. The van der Waals surface area contributed by atoms with Crippen molar-refractivity contribution in [2.45, 2.75) is 25.8 Å². The average Bonchev–Trinajstić information content (AvgIpc) is 2.95. The molecule has 1 amide bonds. The smallest absolute Gasteiger partial charge is 0.326 e. The molecule has 0 aromatic carbocycles. The van der Waals surface area contributed by atoms with Gasteiger partial charge < -0.3 is 5.32 Å². The van der Waals surface area contributed by atoms with Crippen LogP contribution in [-0.2, 0) is 0 Å². The molecule has 1 atom stereocenters. The van der Waals surface area contributed by atoms with Crippen LogP contribution in [0, 0.1) is 0 Å². The quantitative estimate of drug-likeness (QED) is 0.827. The van der Waals surface area contributed by atoms with Crippen LogP contribution in [0.5, 0.6) is 0 Å². The zero-order valence-electron chi connectivity index (χ0n) is 9.59. The van der Waals surface area contributed by atoms with Gasteiger partial charge in [-0.1, -0.05) is 0 Å². The number of likely N-dealkylation sites (tertiary alicyclic amines) is 1. The maximum Gasteiger partial charge on any atom is 0.326 e. The summed E-state index contributed by atoms with van der Waals surface area (Å²) in [6.45, 7) is 5.15. The first-order valence-electron chi connectivity index (χ1n) is 5.77. The van der Waals surface area contributed by atoms with Crippen molar-refractivity contribution in [3.63, 3.8) is 0 Å². The molecule has 5 nitrogen and oxygen atoms in total. The van der Waals surface area contributed by atoms with Crippen LogP contribution < -0.4 is 5.32 Å². The van der Waals surface area contributed by atoms with Crippen LogP contribution >= 0.6 is 0 Å². The first kappa shape index (κ1) is 11.1. The third-order valence-electron chi connectivity index (χ3n) is 3.05. The predicted molar refractivity (Wildman–Crippen MR) is 61.3 cm³/mol. The third kappa shape index (κ3) is 2.61. The summed E-state index contributed by atoms with van der Waals surface area (Å²) in [5.41, 5.74) is 0. The number of nitrogens with zero attached hydrogens (tertiary/aromatic N) is 3. The van der Waals surface area contributed by atoms with Gasteiger partial charge >= 0.3 is 6.03 Å². The van der Waals surface area contributed by atoms with Crippen LogP contribution in [0.25, 0.3) is 0 Å². The number of hydrogen-bond acceptors (Lipinski definition) is 3. The third-order valence-corrected chi connectivity index (χ3v) is 3.05. The highest BCUT2D eigenvalue weighted by Crippen LogP contribution is 2.10. The molecule has 1 aromatic rings. The fourth-order valence-corrected chi connectivity index (χ4v) is 2.02. The number of rotatable bonds is 3. The summed E-state index contributed by atoms with van der Waals surface area (Å²) < 4.78 is 1.46. The van der Waals surface area contributed by atoms with E-state index in [9.17, 15) is 4.79 Å². The summed E-state index contributed by atoms with van der Waals surface area (Å²) in [6.07, 6.45) is 7.31. The molecule has 1 aliphatic rings. The Labute approximate surface area is 95.5 Å². The summed E-state index contributed by atoms with van der Waals surface area (Å²) in [6, 6.07) is 0.304. The molecule has 1 saturated heterocycles. The van der Waals surface area contributed by atoms with E-state index in [2.05, 4.69) is 22.1 Å². The van der Waals surface area contributed by atoms with Crippen molar-refractivity contribution in [2.75, 3.05) is 19.6 Å². The normalized spacial score (nSPS) is 18.6. The number of amides is 1. The second-order valence-electron chi connectivity index (χ2n) is 4.25. The monoisotopic (exact) mass is 222 g/mol. The number of aromatic nitrogens is 2. The van der Waals surface area contributed by atoms with Gasteiger partial charge in [0.05, 0.1) is 0 Å². The Morgan fingerprint density at radius 1 is 1.50 bits per heavy atom. The fourth-order valence-electron chi connectivity index (χ4n) is 2.02. The molecule has 5 heteroatoms. The summed E-state index contributed by atoms with van der Waals surface area (Å²) in [5, 5.41) is 2.90. The maximum absolute atomic E-state index is 11.6. The highest BCUT2D eigenvalue weighted by molar-refractivity contribution is 5.76. The lowest BCUT2D eigenvalue weighted by atomic mass is 10.3. The van der Waals surface area contributed by atoms with Crippen LogP contribution in [0.4, 0.5) is 4.79 Å². The molecule has 2 heterocycles. The predicted octanol–water partition coefficient (Wildman–Crippen LogP) is 0.925. The molecular weight excluding hydrogens is 204 g/mol. The lowest BCUT2D eigenvalue weighted by Crippen LogP contribution is -2.41. The molecule has 2 rings (SSSR count). The zero-order valence-corrected chi connectivity index (χ0v) is 9.59. The van der Waals surface area contributed by atoms with Gasteiger partial charge in [-0.05, 0) is 32.9 Å². The van der Waals surface area contributed by atoms with Crippen molar-refractivity contribution in [1.29, 1.82) is 0 Å². The summed E-state index contributed by atoms with van der Waals surface area (Å²) >= 11 is 0. The molecule has 88 valence electrons. The van der Waals surface area contributed by atoms with E-state index in [0.29, 0.717) is 12.6 Å². The van der Waals surface area contributed by atoms with E-state index in [-0.39, 0.29) is 6.03 Å². The first-order chi connectivity index (χ1) is 7.77. The Kier molecular flexibility index (Phi) is 3.56. The van der Waals surface area contributed by atoms with E-state index in [1.54, 1.807) is 12.4 Å². The van der Waals surface area contributed by atoms with E-state index >= 15 is 0 Å². The first-order valence-corrected chi connectivity index (χ1v) is 5.77. The highest BCUT2D eigenvalue weighted by atomic mass is 16.2. The number of carbonyl (C=O) groups is 1. The van der Waals surface area contributed by atoms with Crippen LogP contribution in [0.15, 0.2) is 18.7 Å². The summed E-state index contributed by atoms with van der Waals surface area (Å²) in [5.74, 6) is 0. The van der Waals surface area contributed by atoms with Crippen molar-refractivity contribution in [1.82, 2.24) is 19.8 Å². The lowest BCUT2D eigenvalue weighted by Gasteiger charge is -2.23. The molecule has 0 spiro atoms. The Morgan fingerprint density at radius 3 is 2.88 bits per heavy atom. The second-order valence-corrected chi connectivity index (χ2v) is 4.25. The molecule has 1 unspecified atom stereocenters. The maximum atomic E-state index is 11.6. The summed E-state index contributed by atoms with van der Waals surface area (Å²) in [7, 11) is 0. The molecule has 0 aliphatic carbocycles. The van der Waals surface area contributed by atoms with Crippen molar-refractivity contribution in [3.8, 4) is 0 Å². The van der Waals surface area contributed by atoms with Crippen molar-refractivity contribution < 1.29 is 4.79 Å². The number of hydrogen-bond donors (Lipinski definition) is 1. The van der Waals surface area contributed by atoms with Crippen LogP contribution in [0.3, 0.4) is 0 Å². The van der Waals surface area contributed by atoms with Gasteiger partial charge in [-0.15, -0.1) is 0 Å². The Balaban J connectivity index is 1.76. The fraction of sp³-hybridized carbons (Fsp3) is 0.636. The minimum Gasteiger partial charge on any atom is -0.336 e. The van der Waals surface area contributed by atoms with Crippen LogP contribution in [0.2, 0.25) is 0 Å². The minimum atomic E-state index is -0.108. The Bertz CT molecular complexity index is 330. The van der Waals surface area contributed by atoms with E-state index in [4.69, 9.17) is 0 Å². The van der Waals surface area contributed by atoms with Gasteiger partial charge in [0.25, 0.3) is 0 Å². The van der Waals surface area contributed by atoms with Gasteiger partial charge in [-0.2, -0.15) is 0 Å². The molecule has 16 heavy (non-hydrogen) atoms. The van der Waals surface area contributed by atoms with Crippen molar-refractivity contribution in [3.05, 3.63) is 18.7 Å². The molecular formula is C11H18N4O. The molecule has 1 aromatic heterocycles. The molecule has 1 fully saturated rings. The van der Waals surface area contributed by atoms with Gasteiger partial charge in [-0.25, -0.2) is 9.78 Å². The van der Waals surface area contributed by atoms with Gasteiger partial charge in [0.15, 0.2) is 0 Å². The van der Waals surface area contributed by atoms with Gasteiger partial charge in [-0.3, -0.25) is 9.47 Å². The standard InChI is InChI=1S/C11H18N4O/c1-10(14-5-2-3-6-14)8-13-11(16)15-7-4-12-9-15/h4,7,9-10H,2-3,5-6,8H2,1H3,(H,13,16). The average molecular weight is 222 g/mol. The topological polar surface area (TPSA) is 50.2 Å². The van der Waals surface area contributed by atoms with E-state index in [1.165, 1.54) is 23.7 Å². The Hall–Kier alpha value is -1.36.